The quantitative estimate of drug-likeness (QED) is 0.271. The number of H-pyrrole nitrogens is 1. The van der Waals surface area contributed by atoms with Crippen LogP contribution < -0.4 is 15.5 Å². The van der Waals surface area contributed by atoms with Crippen molar-refractivity contribution in [3.05, 3.63) is 38.7 Å². The first kappa shape index (κ1) is 31.0. The Morgan fingerprint density at radius 2 is 2.02 bits per heavy atom. The highest BCUT2D eigenvalue weighted by Crippen LogP contribution is 2.35. The van der Waals surface area contributed by atoms with Crippen molar-refractivity contribution in [2.45, 2.75) is 32.4 Å². The smallest absolute Gasteiger partial charge is 0.350 e. The minimum absolute atomic E-state index is 0.190. The zero-order valence-corrected chi connectivity index (χ0v) is 25.9. The van der Waals surface area contributed by atoms with E-state index >= 15 is 0 Å². The highest BCUT2D eigenvalue weighted by atomic mass is 35.5. The van der Waals surface area contributed by atoms with Crippen molar-refractivity contribution in [2.24, 2.45) is 0 Å². The molecule has 0 saturated carbocycles. The van der Waals surface area contributed by atoms with Gasteiger partial charge in [-0.3, -0.25) is 4.79 Å². The zero-order chi connectivity index (χ0) is 29.7. The van der Waals surface area contributed by atoms with E-state index < -0.39 is 5.97 Å². The molecular formula is C26H34Cl2N8O4S. The van der Waals surface area contributed by atoms with Crippen LogP contribution >= 0.6 is 34.5 Å². The Morgan fingerprint density at radius 3 is 2.63 bits per heavy atom. The molecule has 1 aliphatic rings. The molecule has 0 radical (unpaired) electrons. The zero-order valence-electron chi connectivity index (χ0n) is 23.6. The summed E-state index contributed by atoms with van der Waals surface area (Å²) < 4.78 is 11.1. The van der Waals surface area contributed by atoms with Gasteiger partial charge in [-0.1, -0.05) is 34.5 Å². The number of nitrogens with zero attached hydrogens (tertiary/aromatic N) is 5. The Hall–Kier alpha value is -2.97. The van der Waals surface area contributed by atoms with Gasteiger partial charge in [-0.2, -0.15) is 0 Å². The Kier molecular flexibility index (Phi) is 10.4. The third kappa shape index (κ3) is 7.28. The normalized spacial score (nSPS) is 17.1. The summed E-state index contributed by atoms with van der Waals surface area (Å²) in [6, 6.07) is -0.274. The van der Waals surface area contributed by atoms with Crippen LogP contribution in [0.4, 0.5) is 10.9 Å². The number of methoxy groups -OCH3 is 1. The van der Waals surface area contributed by atoms with Crippen LogP contribution in [0.25, 0.3) is 11.4 Å². The molecule has 0 aromatic carbocycles. The summed E-state index contributed by atoms with van der Waals surface area (Å²) in [6.45, 7) is 6.32. The van der Waals surface area contributed by atoms with Crippen LogP contribution in [0.2, 0.25) is 10.0 Å². The molecule has 12 nitrogen and oxygen atoms in total. The number of hydrogen-bond donors (Lipinski definition) is 3. The minimum Gasteiger partial charge on any atom is -0.462 e. The lowest BCUT2D eigenvalue weighted by Crippen LogP contribution is -2.55. The van der Waals surface area contributed by atoms with Crippen molar-refractivity contribution < 1.29 is 19.1 Å². The van der Waals surface area contributed by atoms with E-state index in [9.17, 15) is 9.59 Å². The highest BCUT2D eigenvalue weighted by molar-refractivity contribution is 7.17. The number of rotatable bonds is 11. The first-order chi connectivity index (χ1) is 19.6. The molecule has 41 heavy (non-hydrogen) atoms. The van der Waals surface area contributed by atoms with E-state index in [1.54, 1.807) is 33.4 Å². The van der Waals surface area contributed by atoms with Crippen molar-refractivity contribution in [1.29, 1.82) is 0 Å². The predicted octanol–water partition coefficient (Wildman–Crippen LogP) is 3.72. The van der Waals surface area contributed by atoms with E-state index in [0.29, 0.717) is 57.4 Å². The molecule has 1 saturated heterocycles. The van der Waals surface area contributed by atoms with E-state index in [4.69, 9.17) is 37.7 Å². The summed E-state index contributed by atoms with van der Waals surface area (Å²) in [5.74, 6) is -0.192. The number of likely N-dealkylation sites (N-methyl/N-ethyl adjacent to an activating group) is 1. The van der Waals surface area contributed by atoms with E-state index in [2.05, 4.69) is 30.5 Å². The van der Waals surface area contributed by atoms with E-state index in [0.717, 1.165) is 13.1 Å². The summed E-state index contributed by atoms with van der Waals surface area (Å²) in [5.41, 5.74) is 1.72. The molecule has 1 fully saturated rings. The fourth-order valence-electron chi connectivity index (χ4n) is 4.36. The van der Waals surface area contributed by atoms with Gasteiger partial charge in [0.15, 0.2) is 5.13 Å². The number of aromatic nitrogens is 4. The van der Waals surface area contributed by atoms with Gasteiger partial charge < -0.3 is 34.9 Å². The van der Waals surface area contributed by atoms with E-state index in [1.165, 1.54) is 11.3 Å². The van der Waals surface area contributed by atoms with Crippen molar-refractivity contribution in [3.63, 3.8) is 0 Å². The van der Waals surface area contributed by atoms with Gasteiger partial charge in [-0.05, 0) is 34.4 Å². The van der Waals surface area contributed by atoms with Crippen LogP contribution in [0.1, 0.15) is 39.2 Å². The summed E-state index contributed by atoms with van der Waals surface area (Å²) in [4.78, 5) is 46.9. The van der Waals surface area contributed by atoms with Crippen molar-refractivity contribution in [3.8, 4) is 11.4 Å². The Labute approximate surface area is 252 Å². The first-order valence-electron chi connectivity index (χ1n) is 13.1. The van der Waals surface area contributed by atoms with Crippen molar-refractivity contribution in [1.82, 2.24) is 30.2 Å². The number of piperidine rings is 1. The second kappa shape index (κ2) is 13.8. The van der Waals surface area contributed by atoms with Crippen LogP contribution in [0.5, 0.6) is 0 Å². The molecular weight excluding hydrogens is 591 g/mol. The maximum atomic E-state index is 12.9. The molecule has 3 aromatic heterocycles. The number of carbonyl (C=O) groups excluding carboxylic acids is 2. The molecule has 3 aromatic rings. The van der Waals surface area contributed by atoms with Gasteiger partial charge >= 0.3 is 5.97 Å². The maximum absolute atomic E-state index is 12.9. The maximum Gasteiger partial charge on any atom is 0.350 e. The fraction of sp³-hybridized carbons (Fsp3) is 0.500. The number of anilines is 2. The van der Waals surface area contributed by atoms with Crippen molar-refractivity contribution >= 4 is 57.4 Å². The van der Waals surface area contributed by atoms with Gasteiger partial charge in [-0.15, -0.1) is 0 Å². The molecule has 1 aliphatic heterocycles. The van der Waals surface area contributed by atoms with Crippen LogP contribution in [0, 0.1) is 6.92 Å². The summed E-state index contributed by atoms with van der Waals surface area (Å²) in [6.07, 6.45) is 3.45. The number of carbonyl (C=O) groups is 2. The summed E-state index contributed by atoms with van der Waals surface area (Å²) in [5, 5.41) is 7.37. The minimum atomic E-state index is -0.469. The number of amides is 1. The monoisotopic (exact) mass is 624 g/mol. The van der Waals surface area contributed by atoms with Gasteiger partial charge in [0.05, 0.1) is 41.2 Å². The third-order valence-corrected chi connectivity index (χ3v) is 8.61. The Bertz CT molecular complexity index is 1360. The molecule has 0 bridgehead atoms. The number of nitrogens with one attached hydrogen (secondary N) is 3. The van der Waals surface area contributed by atoms with Crippen molar-refractivity contribution in [2.75, 3.05) is 64.2 Å². The van der Waals surface area contributed by atoms with Gasteiger partial charge in [0.1, 0.15) is 27.8 Å². The van der Waals surface area contributed by atoms with Gasteiger partial charge in [0.2, 0.25) is 0 Å². The molecule has 3 N–H and O–H groups in total. The molecule has 1 amide bonds. The molecule has 4 heterocycles. The number of hydrogen-bond acceptors (Lipinski definition) is 11. The first-order valence-corrected chi connectivity index (χ1v) is 14.7. The Balaban J connectivity index is 1.50. The number of halogens is 2. The Morgan fingerprint density at radius 1 is 1.24 bits per heavy atom. The predicted molar refractivity (Wildman–Crippen MR) is 161 cm³/mol. The summed E-state index contributed by atoms with van der Waals surface area (Å²) in [7, 11) is 5.59. The van der Waals surface area contributed by atoms with Gasteiger partial charge in [0, 0.05) is 39.0 Å². The van der Waals surface area contributed by atoms with E-state index in [1.807, 2.05) is 19.0 Å². The number of aromatic amines is 1. The number of aryl methyl sites for hydroxylation is 1. The average Bonchev–Trinajstić information content (AvgIpc) is 3.51. The second-order valence-corrected chi connectivity index (χ2v) is 11.5. The highest BCUT2D eigenvalue weighted by Gasteiger charge is 2.34. The summed E-state index contributed by atoms with van der Waals surface area (Å²) >= 11 is 13.6. The molecule has 222 valence electrons. The van der Waals surface area contributed by atoms with Crippen LogP contribution in [0.15, 0.2) is 12.4 Å². The average molecular weight is 626 g/mol. The lowest BCUT2D eigenvalue weighted by Gasteiger charge is -2.37. The lowest BCUT2D eigenvalue weighted by atomic mass is 10.0. The van der Waals surface area contributed by atoms with Crippen LogP contribution in [-0.4, -0.2) is 103 Å². The van der Waals surface area contributed by atoms with Crippen LogP contribution in [0.3, 0.4) is 0 Å². The standard InChI is InChI=1S/C26H34Cl2N8O4S/c1-6-40-25(38)23-21(16-11-31-18(12-30-16)29-8-10-35(3)4)34-26(41-23)36-9-7-15(17(13-36)39-5)33-24(37)22-20(28)19(27)14(2)32-22/h11-12,15,17,32H,6-10,13H2,1-5H3,(H,29,31)(H,33,37)/t15-,17+/m1/s1. The molecule has 0 spiro atoms. The SMILES string of the molecule is CCOC(=O)c1sc(N2CC[C@@H](NC(=O)c3[nH]c(C)c(Cl)c3Cl)[C@@H](OC)C2)nc1-c1cnc(NCCN(C)C)cn1. The van der Waals surface area contributed by atoms with Crippen LogP contribution in [-0.2, 0) is 9.47 Å². The third-order valence-electron chi connectivity index (χ3n) is 6.57. The second-order valence-electron chi connectivity index (χ2n) is 9.75. The molecule has 4 rings (SSSR count). The lowest BCUT2D eigenvalue weighted by molar-refractivity contribution is 0.0531. The van der Waals surface area contributed by atoms with Gasteiger partial charge in [-0.25, -0.2) is 19.7 Å². The molecule has 0 unspecified atom stereocenters. The number of esters is 1. The number of ether oxygens (including phenoxy) is 2. The van der Waals surface area contributed by atoms with Gasteiger partial charge in [0.25, 0.3) is 5.91 Å². The number of thiazole rings is 1. The topological polar surface area (TPSA) is 138 Å². The fourth-order valence-corrected chi connectivity index (χ4v) is 5.78. The molecule has 0 aliphatic carbocycles. The van der Waals surface area contributed by atoms with E-state index in [-0.39, 0.29) is 35.4 Å². The largest absolute Gasteiger partial charge is 0.462 e. The molecule has 15 heteroatoms. The molecule has 2 atom stereocenters.